The summed E-state index contributed by atoms with van der Waals surface area (Å²) in [6.45, 7) is 5.64. The van der Waals surface area contributed by atoms with Crippen LogP contribution in [-0.4, -0.2) is 43.7 Å². The molecular formula is C16H23BrN2O2. The lowest BCUT2D eigenvalue weighted by Gasteiger charge is -2.27. The maximum absolute atomic E-state index is 12.1. The van der Waals surface area contributed by atoms with Crippen molar-refractivity contribution in [2.24, 2.45) is 0 Å². The van der Waals surface area contributed by atoms with E-state index in [0.717, 1.165) is 24.0 Å². The fourth-order valence-corrected chi connectivity index (χ4v) is 2.96. The van der Waals surface area contributed by atoms with Crippen LogP contribution in [0.3, 0.4) is 0 Å². The Labute approximate surface area is 135 Å². The predicted molar refractivity (Wildman–Crippen MR) is 87.2 cm³/mol. The van der Waals surface area contributed by atoms with Crippen LogP contribution >= 0.6 is 15.9 Å². The number of hydrogen-bond donors (Lipinski definition) is 1. The molecule has 1 aliphatic heterocycles. The average molecular weight is 355 g/mol. The van der Waals surface area contributed by atoms with Crippen LogP contribution in [0.1, 0.15) is 31.4 Å². The van der Waals surface area contributed by atoms with Crippen LogP contribution in [0.25, 0.3) is 0 Å². The summed E-state index contributed by atoms with van der Waals surface area (Å²) in [4.78, 5) is 14.0. The SMILES string of the molecule is CCC(NCCC(=O)N1CCOCC1)c1cccc(Br)c1. The zero-order chi connectivity index (χ0) is 15.1. The highest BCUT2D eigenvalue weighted by atomic mass is 79.9. The Morgan fingerprint density at radius 2 is 2.19 bits per heavy atom. The lowest BCUT2D eigenvalue weighted by molar-refractivity contribution is -0.135. The Morgan fingerprint density at radius 1 is 1.43 bits per heavy atom. The van der Waals surface area contributed by atoms with E-state index >= 15 is 0 Å². The summed E-state index contributed by atoms with van der Waals surface area (Å²) < 4.78 is 6.35. The van der Waals surface area contributed by atoms with Gasteiger partial charge < -0.3 is 15.0 Å². The van der Waals surface area contributed by atoms with Gasteiger partial charge in [-0.15, -0.1) is 0 Å². The number of carbonyl (C=O) groups is 1. The molecule has 1 amide bonds. The van der Waals surface area contributed by atoms with E-state index < -0.39 is 0 Å². The van der Waals surface area contributed by atoms with Gasteiger partial charge in [0.05, 0.1) is 13.2 Å². The summed E-state index contributed by atoms with van der Waals surface area (Å²) in [6, 6.07) is 8.61. The van der Waals surface area contributed by atoms with Gasteiger partial charge in [0.2, 0.25) is 5.91 Å². The number of rotatable bonds is 6. The van der Waals surface area contributed by atoms with Gasteiger partial charge in [0.25, 0.3) is 0 Å². The number of halogens is 1. The molecule has 1 fully saturated rings. The van der Waals surface area contributed by atoms with Gasteiger partial charge in [0.1, 0.15) is 0 Å². The van der Waals surface area contributed by atoms with E-state index in [1.807, 2.05) is 17.0 Å². The number of amides is 1. The van der Waals surface area contributed by atoms with Crippen molar-refractivity contribution in [2.45, 2.75) is 25.8 Å². The Hall–Kier alpha value is -0.910. The average Bonchev–Trinajstić information content (AvgIpc) is 2.52. The number of nitrogens with one attached hydrogen (secondary N) is 1. The maximum Gasteiger partial charge on any atom is 0.224 e. The molecule has 4 nitrogen and oxygen atoms in total. The minimum Gasteiger partial charge on any atom is -0.378 e. The van der Waals surface area contributed by atoms with Gasteiger partial charge in [-0.05, 0) is 24.1 Å². The van der Waals surface area contributed by atoms with E-state index in [4.69, 9.17) is 4.74 Å². The van der Waals surface area contributed by atoms with Crippen LogP contribution in [0, 0.1) is 0 Å². The molecule has 0 aliphatic carbocycles. The highest BCUT2D eigenvalue weighted by Gasteiger charge is 2.17. The number of carbonyl (C=O) groups excluding carboxylic acids is 1. The molecule has 1 N–H and O–H groups in total. The summed E-state index contributed by atoms with van der Waals surface area (Å²) in [5.74, 6) is 0.217. The van der Waals surface area contributed by atoms with Crippen LogP contribution < -0.4 is 5.32 Å². The van der Waals surface area contributed by atoms with E-state index in [-0.39, 0.29) is 5.91 Å². The highest BCUT2D eigenvalue weighted by molar-refractivity contribution is 9.10. The van der Waals surface area contributed by atoms with Crippen LogP contribution in [-0.2, 0) is 9.53 Å². The molecular weight excluding hydrogens is 332 g/mol. The third-order valence-electron chi connectivity index (χ3n) is 3.75. The minimum atomic E-state index is 0.217. The van der Waals surface area contributed by atoms with E-state index in [2.05, 4.69) is 40.3 Å². The molecule has 0 spiro atoms. The number of nitrogens with zero attached hydrogens (tertiary/aromatic N) is 1. The quantitative estimate of drug-likeness (QED) is 0.853. The first-order chi connectivity index (χ1) is 10.2. The third kappa shape index (κ3) is 5.09. The van der Waals surface area contributed by atoms with Crippen molar-refractivity contribution in [1.29, 1.82) is 0 Å². The van der Waals surface area contributed by atoms with Gasteiger partial charge >= 0.3 is 0 Å². The standard InChI is InChI=1S/C16H23BrN2O2/c1-2-15(13-4-3-5-14(17)12-13)18-7-6-16(20)19-8-10-21-11-9-19/h3-5,12,15,18H,2,6-11H2,1H3. The van der Waals surface area contributed by atoms with Crippen molar-refractivity contribution in [3.63, 3.8) is 0 Å². The van der Waals surface area contributed by atoms with Crippen molar-refractivity contribution >= 4 is 21.8 Å². The molecule has 21 heavy (non-hydrogen) atoms. The normalized spacial score (nSPS) is 16.8. The smallest absolute Gasteiger partial charge is 0.224 e. The topological polar surface area (TPSA) is 41.6 Å². The number of morpholine rings is 1. The van der Waals surface area contributed by atoms with Crippen molar-refractivity contribution < 1.29 is 9.53 Å². The number of benzene rings is 1. The number of ether oxygens (including phenoxy) is 1. The Bertz CT molecular complexity index is 461. The lowest BCUT2D eigenvalue weighted by Crippen LogP contribution is -2.41. The zero-order valence-corrected chi connectivity index (χ0v) is 14.1. The van der Waals surface area contributed by atoms with E-state index in [0.29, 0.717) is 32.2 Å². The molecule has 1 heterocycles. The van der Waals surface area contributed by atoms with Crippen molar-refractivity contribution in [3.05, 3.63) is 34.3 Å². The van der Waals surface area contributed by atoms with Gasteiger partial charge in [-0.1, -0.05) is 35.0 Å². The summed E-state index contributed by atoms with van der Waals surface area (Å²) in [6.07, 6.45) is 1.55. The molecule has 2 rings (SSSR count). The van der Waals surface area contributed by atoms with Gasteiger partial charge in [0, 0.05) is 36.6 Å². The molecule has 1 aromatic rings. The summed E-state index contributed by atoms with van der Waals surface area (Å²) in [5.41, 5.74) is 1.26. The highest BCUT2D eigenvalue weighted by Crippen LogP contribution is 2.20. The van der Waals surface area contributed by atoms with Crippen LogP contribution in [0.2, 0.25) is 0 Å². The first-order valence-electron chi connectivity index (χ1n) is 7.55. The molecule has 5 heteroatoms. The third-order valence-corrected chi connectivity index (χ3v) is 4.25. The van der Waals surface area contributed by atoms with E-state index in [1.165, 1.54) is 5.56 Å². The van der Waals surface area contributed by atoms with E-state index in [9.17, 15) is 4.79 Å². The van der Waals surface area contributed by atoms with Gasteiger partial charge in [0.15, 0.2) is 0 Å². The van der Waals surface area contributed by atoms with Gasteiger partial charge in [-0.25, -0.2) is 0 Å². The van der Waals surface area contributed by atoms with Crippen LogP contribution in [0.4, 0.5) is 0 Å². The second-order valence-corrected chi connectivity index (χ2v) is 6.13. The largest absolute Gasteiger partial charge is 0.378 e. The van der Waals surface area contributed by atoms with Crippen molar-refractivity contribution in [2.75, 3.05) is 32.8 Å². The Kier molecular flexibility index (Phi) is 6.67. The fourth-order valence-electron chi connectivity index (χ4n) is 2.55. The molecule has 1 unspecified atom stereocenters. The summed E-state index contributed by atoms with van der Waals surface area (Å²) in [5, 5.41) is 3.48. The monoisotopic (exact) mass is 354 g/mol. The minimum absolute atomic E-state index is 0.217. The molecule has 1 aliphatic rings. The summed E-state index contributed by atoms with van der Waals surface area (Å²) >= 11 is 3.50. The maximum atomic E-state index is 12.1. The first-order valence-corrected chi connectivity index (χ1v) is 8.34. The zero-order valence-electron chi connectivity index (χ0n) is 12.5. The van der Waals surface area contributed by atoms with Crippen molar-refractivity contribution in [1.82, 2.24) is 10.2 Å². The molecule has 1 atom stereocenters. The van der Waals surface area contributed by atoms with Crippen LogP contribution in [0.5, 0.6) is 0 Å². The lowest BCUT2D eigenvalue weighted by atomic mass is 10.0. The molecule has 0 bridgehead atoms. The molecule has 116 valence electrons. The summed E-state index contributed by atoms with van der Waals surface area (Å²) in [7, 11) is 0. The molecule has 1 saturated heterocycles. The molecule has 0 aromatic heterocycles. The Balaban J connectivity index is 1.79. The first kappa shape index (κ1) is 16.5. The molecule has 1 aromatic carbocycles. The van der Waals surface area contributed by atoms with Crippen molar-refractivity contribution in [3.8, 4) is 0 Å². The van der Waals surface area contributed by atoms with Gasteiger partial charge in [-0.2, -0.15) is 0 Å². The fraction of sp³-hybridized carbons (Fsp3) is 0.562. The second kappa shape index (κ2) is 8.51. The van der Waals surface area contributed by atoms with E-state index in [1.54, 1.807) is 0 Å². The van der Waals surface area contributed by atoms with Gasteiger partial charge in [-0.3, -0.25) is 4.79 Å². The molecule has 0 saturated carbocycles. The van der Waals surface area contributed by atoms with Crippen LogP contribution in [0.15, 0.2) is 28.7 Å². The second-order valence-electron chi connectivity index (χ2n) is 5.21. The number of hydrogen-bond acceptors (Lipinski definition) is 3. The Morgan fingerprint density at radius 3 is 2.86 bits per heavy atom. The predicted octanol–water partition coefficient (Wildman–Crippen LogP) is 2.74. The molecule has 0 radical (unpaired) electrons.